The largest absolute Gasteiger partial charge is 0.344 e. The van der Waals surface area contributed by atoms with E-state index in [-0.39, 0.29) is 23.8 Å². The molecule has 0 saturated carbocycles. The van der Waals surface area contributed by atoms with Gasteiger partial charge in [-0.3, -0.25) is 9.59 Å². The van der Waals surface area contributed by atoms with Gasteiger partial charge in [0.25, 0.3) is 0 Å². The van der Waals surface area contributed by atoms with Gasteiger partial charge in [-0.25, -0.2) is 14.4 Å². The first-order valence-corrected chi connectivity index (χ1v) is 14.4. The van der Waals surface area contributed by atoms with Crippen LogP contribution >= 0.6 is 0 Å². The van der Waals surface area contributed by atoms with Crippen molar-refractivity contribution < 1.29 is 18.5 Å². The number of hydrogen-bond acceptors (Lipinski definition) is 8. The Morgan fingerprint density at radius 1 is 1.09 bits per heavy atom. The third-order valence-electron chi connectivity index (χ3n) is 6.94. The van der Waals surface area contributed by atoms with Crippen LogP contribution in [-0.4, -0.2) is 62.4 Å². The van der Waals surface area contributed by atoms with Crippen molar-refractivity contribution in [3.05, 3.63) is 89.5 Å². The van der Waals surface area contributed by atoms with Crippen LogP contribution < -0.4 is 10.6 Å². The molecule has 0 atom stereocenters. The molecular weight excluding hydrogens is 575 g/mol. The van der Waals surface area contributed by atoms with Crippen LogP contribution in [0.3, 0.4) is 0 Å². The smallest absolute Gasteiger partial charge is 0.315 e. The monoisotopic (exact) mass is 610 g/mol. The first-order chi connectivity index (χ1) is 21.4. The number of likely N-dealkylation sites (N-methyl/N-ethyl adjacent to an activating group) is 1. The van der Waals surface area contributed by atoms with Crippen LogP contribution in [0.25, 0.3) is 33.7 Å². The van der Waals surface area contributed by atoms with Gasteiger partial charge in [-0.2, -0.15) is 4.98 Å². The van der Waals surface area contributed by atoms with Crippen LogP contribution in [-0.2, 0) is 16.8 Å². The third-order valence-corrected chi connectivity index (χ3v) is 6.94. The van der Waals surface area contributed by atoms with Gasteiger partial charge in [0.05, 0.1) is 0 Å². The fourth-order valence-corrected chi connectivity index (χ4v) is 4.60. The Bertz CT molecular complexity index is 1900. The van der Waals surface area contributed by atoms with Gasteiger partial charge < -0.3 is 25.0 Å². The van der Waals surface area contributed by atoms with E-state index >= 15 is 4.39 Å². The highest BCUT2D eigenvalue weighted by Gasteiger charge is 2.24. The maximum absolute atomic E-state index is 15.4. The molecular formula is C33H35FN8O3. The molecule has 0 aliphatic heterocycles. The highest BCUT2D eigenvalue weighted by Crippen LogP contribution is 2.32. The van der Waals surface area contributed by atoms with Crippen LogP contribution in [0.1, 0.15) is 48.4 Å². The first-order valence-electron chi connectivity index (χ1n) is 14.4. The molecule has 45 heavy (non-hydrogen) atoms. The molecule has 0 saturated heterocycles. The zero-order chi connectivity index (χ0) is 32.3. The number of halogens is 1. The van der Waals surface area contributed by atoms with Crippen molar-refractivity contribution >= 4 is 28.7 Å². The van der Waals surface area contributed by atoms with Crippen LogP contribution in [0.2, 0.25) is 0 Å². The molecule has 2 amide bonds. The molecule has 0 fully saturated rings. The number of H-pyrrole nitrogens is 1. The molecule has 3 aromatic heterocycles. The summed E-state index contributed by atoms with van der Waals surface area (Å²) in [7, 11) is 3.85. The van der Waals surface area contributed by atoms with Crippen molar-refractivity contribution in [3.8, 4) is 22.5 Å². The van der Waals surface area contributed by atoms with E-state index in [1.54, 1.807) is 30.5 Å². The Morgan fingerprint density at radius 3 is 2.62 bits per heavy atom. The van der Waals surface area contributed by atoms with Crippen molar-refractivity contribution in [1.29, 1.82) is 0 Å². The second-order valence-electron chi connectivity index (χ2n) is 12.0. The van der Waals surface area contributed by atoms with E-state index in [2.05, 4.69) is 30.7 Å². The Balaban J connectivity index is 1.35. The van der Waals surface area contributed by atoms with Crippen molar-refractivity contribution in [1.82, 2.24) is 35.3 Å². The van der Waals surface area contributed by atoms with Gasteiger partial charge in [0, 0.05) is 53.2 Å². The molecule has 2 aromatic carbocycles. The number of benzene rings is 2. The minimum Gasteiger partial charge on any atom is -0.344 e. The number of carbonyl (C=O) groups is 2. The average molecular weight is 611 g/mol. The molecule has 0 bridgehead atoms. The Morgan fingerprint density at radius 2 is 1.89 bits per heavy atom. The molecule has 5 rings (SSSR count). The summed E-state index contributed by atoms with van der Waals surface area (Å²) in [5.74, 6) is -0.507. The maximum atomic E-state index is 15.4. The molecule has 5 aromatic rings. The van der Waals surface area contributed by atoms with Gasteiger partial charge in [0.2, 0.25) is 5.91 Å². The zero-order valence-corrected chi connectivity index (χ0v) is 26.0. The van der Waals surface area contributed by atoms with Crippen LogP contribution in [0.4, 0.5) is 10.1 Å². The number of anilines is 1. The lowest BCUT2D eigenvalue weighted by atomic mass is 9.96. The molecule has 0 aliphatic carbocycles. The van der Waals surface area contributed by atoms with E-state index in [1.165, 1.54) is 12.1 Å². The van der Waals surface area contributed by atoms with E-state index in [1.807, 2.05) is 64.9 Å². The zero-order valence-electron chi connectivity index (χ0n) is 26.0. The summed E-state index contributed by atoms with van der Waals surface area (Å²) < 4.78 is 20.5. The van der Waals surface area contributed by atoms with Gasteiger partial charge in [0.1, 0.15) is 17.2 Å². The van der Waals surface area contributed by atoms with Gasteiger partial charge in [-0.15, -0.1) is 0 Å². The fraction of sp³-hybridized carbons (Fsp3) is 0.273. The van der Waals surface area contributed by atoms with E-state index in [4.69, 9.17) is 9.51 Å². The number of carbonyl (C=O) groups excluding carboxylic acids is 2. The van der Waals surface area contributed by atoms with Crippen LogP contribution in [0, 0.1) is 12.7 Å². The fourth-order valence-electron chi connectivity index (χ4n) is 4.60. The molecule has 3 heterocycles. The van der Waals surface area contributed by atoms with Gasteiger partial charge in [-0.1, -0.05) is 50.2 Å². The summed E-state index contributed by atoms with van der Waals surface area (Å²) in [6.07, 6.45) is 4.93. The number of aryl methyl sites for hydroxylation is 1. The Hall–Kier alpha value is -5.23. The lowest BCUT2D eigenvalue weighted by molar-refractivity contribution is -0.111. The van der Waals surface area contributed by atoms with E-state index in [0.29, 0.717) is 51.7 Å². The molecule has 0 unspecified atom stereocenters. The molecule has 0 aliphatic rings. The highest BCUT2D eigenvalue weighted by molar-refractivity contribution is 5.99. The summed E-state index contributed by atoms with van der Waals surface area (Å²) in [6.45, 7) is 8.19. The highest BCUT2D eigenvalue weighted by atomic mass is 19.1. The second kappa shape index (κ2) is 12.8. The average Bonchev–Trinajstić information content (AvgIpc) is 3.66. The normalized spacial score (nSPS) is 11.9. The van der Waals surface area contributed by atoms with Crippen molar-refractivity contribution in [2.24, 2.45) is 0 Å². The number of fused-ring (bicyclic) bond motifs is 1. The quantitative estimate of drug-likeness (QED) is 0.188. The summed E-state index contributed by atoms with van der Waals surface area (Å²) in [5.41, 5.74) is 4.54. The minimum atomic E-state index is -0.580. The SMILES string of the molecule is Cc1cc(CNC(=O)c2nc(C(C)(C)C)no2)c(F)cc1-c1ccnc2[nH]c(-c3cccc(NC(=O)/C=C/CN(C)C)c3)nc12. The van der Waals surface area contributed by atoms with Crippen molar-refractivity contribution in [3.63, 3.8) is 0 Å². The summed E-state index contributed by atoms with van der Waals surface area (Å²) in [5, 5.41) is 9.38. The number of imidazole rings is 1. The second-order valence-corrected chi connectivity index (χ2v) is 12.0. The predicted molar refractivity (Wildman–Crippen MR) is 170 cm³/mol. The summed E-state index contributed by atoms with van der Waals surface area (Å²) in [4.78, 5) is 43.5. The first kappa shape index (κ1) is 31.2. The number of amides is 2. The molecule has 11 nitrogen and oxygen atoms in total. The van der Waals surface area contributed by atoms with E-state index in [9.17, 15) is 9.59 Å². The molecule has 0 spiro atoms. The minimum absolute atomic E-state index is 0.0599. The van der Waals surface area contributed by atoms with Crippen LogP contribution in [0.15, 0.2) is 65.3 Å². The van der Waals surface area contributed by atoms with Gasteiger partial charge in [-0.05, 0) is 56.4 Å². The molecule has 3 N–H and O–H groups in total. The lowest BCUT2D eigenvalue weighted by Crippen LogP contribution is -2.24. The van der Waals surface area contributed by atoms with Crippen molar-refractivity contribution in [2.75, 3.05) is 26.0 Å². The number of hydrogen-bond donors (Lipinski definition) is 3. The lowest BCUT2D eigenvalue weighted by Gasteiger charge is -2.11. The number of aromatic nitrogens is 5. The van der Waals surface area contributed by atoms with E-state index in [0.717, 1.165) is 11.1 Å². The molecule has 232 valence electrons. The number of nitrogens with zero attached hydrogens (tertiary/aromatic N) is 5. The predicted octanol–water partition coefficient (Wildman–Crippen LogP) is 5.41. The Labute approximate surface area is 260 Å². The number of nitrogens with one attached hydrogen (secondary N) is 3. The van der Waals surface area contributed by atoms with Crippen LogP contribution in [0.5, 0.6) is 0 Å². The topological polar surface area (TPSA) is 142 Å². The number of aromatic amines is 1. The summed E-state index contributed by atoms with van der Waals surface area (Å²) >= 11 is 0. The molecule has 0 radical (unpaired) electrons. The van der Waals surface area contributed by atoms with Gasteiger partial charge in [0.15, 0.2) is 11.5 Å². The van der Waals surface area contributed by atoms with E-state index < -0.39 is 11.7 Å². The standard InChI is InChI=1S/C33H35FN8O3/c1-19-15-21(18-36-30(44)31-40-32(41-45-31)33(2,3)4)25(34)17-24(19)23-12-13-35-29-27(23)38-28(39-29)20-9-7-10-22(16-20)37-26(43)11-8-14-42(5)6/h7-13,15-17H,14,18H2,1-6H3,(H,36,44)(H,37,43)(H,35,38,39)/b11-8+. The Kier molecular flexibility index (Phi) is 8.87. The number of rotatable bonds is 9. The summed E-state index contributed by atoms with van der Waals surface area (Å²) in [6, 6.07) is 12.2. The third kappa shape index (κ3) is 7.29. The number of pyridine rings is 1. The van der Waals surface area contributed by atoms with Gasteiger partial charge >= 0.3 is 11.8 Å². The molecule has 12 heteroatoms. The van der Waals surface area contributed by atoms with Crippen molar-refractivity contribution in [2.45, 2.75) is 39.7 Å². The maximum Gasteiger partial charge on any atom is 0.315 e.